The Balaban J connectivity index is 1.62. The standard InChI is InChI=1S/C19H24N4O2/c1-3-25-18-12-8-7-11-15(18)16-13-17(21-20-16)19(24)22-23(2)14-9-5-4-6-10-14/h4-12,16-17,20-21H,3,13H2,1-2H3,(H,22,24). The average molecular weight is 340 g/mol. The summed E-state index contributed by atoms with van der Waals surface area (Å²) in [5, 5.41) is 1.73. The molecule has 1 heterocycles. The average Bonchev–Trinajstić information content (AvgIpc) is 3.13. The van der Waals surface area contributed by atoms with Gasteiger partial charge in [-0.2, -0.15) is 0 Å². The zero-order chi connectivity index (χ0) is 17.6. The highest BCUT2D eigenvalue weighted by Crippen LogP contribution is 2.30. The van der Waals surface area contributed by atoms with Crippen molar-refractivity contribution in [3.05, 3.63) is 60.2 Å². The van der Waals surface area contributed by atoms with Crippen molar-refractivity contribution in [3.63, 3.8) is 0 Å². The van der Waals surface area contributed by atoms with Crippen LogP contribution in [0.2, 0.25) is 0 Å². The van der Waals surface area contributed by atoms with E-state index in [-0.39, 0.29) is 18.0 Å². The Morgan fingerprint density at radius 1 is 1.16 bits per heavy atom. The van der Waals surface area contributed by atoms with Gasteiger partial charge in [0, 0.05) is 12.6 Å². The van der Waals surface area contributed by atoms with Gasteiger partial charge in [0.1, 0.15) is 11.8 Å². The van der Waals surface area contributed by atoms with Crippen LogP contribution in [-0.2, 0) is 4.79 Å². The van der Waals surface area contributed by atoms with Gasteiger partial charge in [-0.15, -0.1) is 0 Å². The van der Waals surface area contributed by atoms with Gasteiger partial charge in [-0.05, 0) is 31.5 Å². The Morgan fingerprint density at radius 3 is 2.64 bits per heavy atom. The molecule has 132 valence electrons. The first-order valence-corrected chi connectivity index (χ1v) is 8.51. The number of nitrogens with one attached hydrogen (secondary N) is 3. The lowest BCUT2D eigenvalue weighted by molar-refractivity contribution is -0.123. The molecule has 1 fully saturated rings. The minimum absolute atomic E-state index is 0.0283. The first-order chi connectivity index (χ1) is 12.2. The Kier molecular flexibility index (Phi) is 5.53. The van der Waals surface area contributed by atoms with E-state index in [2.05, 4.69) is 16.3 Å². The number of benzene rings is 2. The number of hydrogen-bond acceptors (Lipinski definition) is 5. The highest BCUT2D eigenvalue weighted by atomic mass is 16.5. The van der Waals surface area contributed by atoms with Crippen LogP contribution < -0.4 is 26.0 Å². The molecule has 0 radical (unpaired) electrons. The topological polar surface area (TPSA) is 65.6 Å². The Bertz CT molecular complexity index is 708. The first kappa shape index (κ1) is 17.3. The molecule has 0 spiro atoms. The maximum absolute atomic E-state index is 12.5. The Morgan fingerprint density at radius 2 is 1.88 bits per heavy atom. The van der Waals surface area contributed by atoms with Crippen molar-refractivity contribution in [2.45, 2.75) is 25.4 Å². The Hall–Kier alpha value is -2.57. The smallest absolute Gasteiger partial charge is 0.257 e. The van der Waals surface area contributed by atoms with Crippen molar-refractivity contribution in [2.24, 2.45) is 0 Å². The fourth-order valence-corrected chi connectivity index (χ4v) is 2.95. The predicted octanol–water partition coefficient (Wildman–Crippen LogP) is 2.16. The minimum Gasteiger partial charge on any atom is -0.494 e. The third-order valence-corrected chi connectivity index (χ3v) is 4.24. The van der Waals surface area contributed by atoms with Crippen molar-refractivity contribution < 1.29 is 9.53 Å². The maximum Gasteiger partial charge on any atom is 0.257 e. The summed E-state index contributed by atoms with van der Waals surface area (Å²) < 4.78 is 5.69. The molecule has 2 aromatic rings. The molecule has 0 saturated carbocycles. The van der Waals surface area contributed by atoms with Crippen molar-refractivity contribution in [1.82, 2.24) is 16.3 Å². The van der Waals surface area contributed by atoms with Gasteiger partial charge in [0.15, 0.2) is 0 Å². The summed E-state index contributed by atoms with van der Waals surface area (Å²) >= 11 is 0. The summed E-state index contributed by atoms with van der Waals surface area (Å²) in [5.41, 5.74) is 11.2. The quantitative estimate of drug-likeness (QED) is 0.703. The predicted molar refractivity (Wildman–Crippen MR) is 98.0 cm³/mol. The van der Waals surface area contributed by atoms with E-state index in [1.807, 2.05) is 68.6 Å². The number of carbonyl (C=O) groups is 1. The number of rotatable bonds is 6. The molecular weight excluding hydrogens is 316 g/mol. The molecule has 3 N–H and O–H groups in total. The van der Waals surface area contributed by atoms with Gasteiger partial charge >= 0.3 is 0 Å². The summed E-state index contributed by atoms with van der Waals surface area (Å²) in [6.45, 7) is 2.58. The monoisotopic (exact) mass is 340 g/mol. The molecule has 0 aromatic heterocycles. The van der Waals surface area contributed by atoms with Gasteiger partial charge in [-0.3, -0.25) is 15.2 Å². The van der Waals surface area contributed by atoms with E-state index in [9.17, 15) is 4.79 Å². The normalized spacial score (nSPS) is 19.4. The summed E-state index contributed by atoms with van der Waals surface area (Å²) in [4.78, 5) is 12.5. The molecule has 1 aliphatic heterocycles. The van der Waals surface area contributed by atoms with E-state index in [1.54, 1.807) is 5.01 Å². The number of amides is 1. The van der Waals surface area contributed by atoms with Crippen LogP contribution in [0.15, 0.2) is 54.6 Å². The summed E-state index contributed by atoms with van der Waals surface area (Å²) in [5.74, 6) is 0.780. The van der Waals surface area contributed by atoms with E-state index in [4.69, 9.17) is 4.74 Å². The number of para-hydroxylation sites is 2. The van der Waals surface area contributed by atoms with Crippen molar-refractivity contribution in [2.75, 3.05) is 18.7 Å². The minimum atomic E-state index is -0.314. The molecule has 3 rings (SSSR count). The molecule has 2 unspecified atom stereocenters. The van der Waals surface area contributed by atoms with Gasteiger partial charge < -0.3 is 4.74 Å². The molecule has 6 heteroatoms. The molecule has 25 heavy (non-hydrogen) atoms. The van der Waals surface area contributed by atoms with Crippen molar-refractivity contribution in [3.8, 4) is 5.75 Å². The second-order valence-electron chi connectivity index (χ2n) is 5.97. The number of hydrogen-bond donors (Lipinski definition) is 3. The van der Waals surface area contributed by atoms with E-state index < -0.39 is 0 Å². The largest absolute Gasteiger partial charge is 0.494 e. The number of anilines is 1. The van der Waals surface area contributed by atoms with E-state index in [0.717, 1.165) is 17.0 Å². The van der Waals surface area contributed by atoms with Gasteiger partial charge in [0.25, 0.3) is 5.91 Å². The van der Waals surface area contributed by atoms with Gasteiger partial charge in [-0.1, -0.05) is 36.4 Å². The van der Waals surface area contributed by atoms with Gasteiger partial charge in [-0.25, -0.2) is 10.9 Å². The summed E-state index contributed by atoms with van der Waals surface area (Å²) in [6.07, 6.45) is 0.651. The van der Waals surface area contributed by atoms with E-state index in [1.165, 1.54) is 0 Å². The maximum atomic E-state index is 12.5. The third kappa shape index (κ3) is 4.10. The molecule has 1 amide bonds. The number of carbonyl (C=O) groups excluding carboxylic acids is 1. The van der Waals surface area contributed by atoms with Crippen LogP contribution in [0.3, 0.4) is 0 Å². The van der Waals surface area contributed by atoms with Gasteiger partial charge in [0.2, 0.25) is 0 Å². The number of ether oxygens (including phenoxy) is 1. The highest BCUT2D eigenvalue weighted by molar-refractivity contribution is 5.83. The Labute approximate surface area is 148 Å². The van der Waals surface area contributed by atoms with Crippen LogP contribution in [0.25, 0.3) is 0 Å². The third-order valence-electron chi connectivity index (χ3n) is 4.24. The lowest BCUT2D eigenvalue weighted by Crippen LogP contribution is -2.49. The highest BCUT2D eigenvalue weighted by Gasteiger charge is 2.32. The van der Waals surface area contributed by atoms with Crippen molar-refractivity contribution >= 4 is 11.6 Å². The molecule has 0 bridgehead atoms. The van der Waals surface area contributed by atoms with Crippen LogP contribution in [0.1, 0.15) is 24.9 Å². The molecule has 1 saturated heterocycles. The fraction of sp³-hybridized carbons (Fsp3) is 0.316. The second kappa shape index (κ2) is 8.00. The molecule has 2 atom stereocenters. The molecule has 6 nitrogen and oxygen atoms in total. The van der Waals surface area contributed by atoms with Crippen LogP contribution >= 0.6 is 0 Å². The van der Waals surface area contributed by atoms with Crippen LogP contribution in [-0.4, -0.2) is 25.6 Å². The molecule has 2 aromatic carbocycles. The second-order valence-corrected chi connectivity index (χ2v) is 5.97. The SMILES string of the molecule is CCOc1ccccc1C1CC(C(=O)NN(C)c2ccccc2)NN1. The molecular formula is C19H24N4O2. The van der Waals surface area contributed by atoms with Crippen LogP contribution in [0, 0.1) is 0 Å². The summed E-state index contributed by atoms with van der Waals surface area (Å²) in [6, 6.07) is 17.4. The number of hydrazine groups is 2. The molecule has 0 aliphatic carbocycles. The lowest BCUT2D eigenvalue weighted by Gasteiger charge is -2.22. The first-order valence-electron chi connectivity index (χ1n) is 8.51. The fourth-order valence-electron chi connectivity index (χ4n) is 2.95. The lowest BCUT2D eigenvalue weighted by atomic mass is 10.0. The van der Waals surface area contributed by atoms with E-state index in [0.29, 0.717) is 13.0 Å². The van der Waals surface area contributed by atoms with Gasteiger partial charge in [0.05, 0.1) is 18.3 Å². The number of nitrogens with zero attached hydrogens (tertiary/aromatic N) is 1. The zero-order valence-electron chi connectivity index (χ0n) is 14.5. The van der Waals surface area contributed by atoms with Crippen LogP contribution in [0.4, 0.5) is 5.69 Å². The molecule has 1 aliphatic rings. The zero-order valence-corrected chi connectivity index (χ0v) is 14.5. The summed E-state index contributed by atoms with van der Waals surface area (Å²) in [7, 11) is 1.83. The van der Waals surface area contributed by atoms with E-state index >= 15 is 0 Å². The van der Waals surface area contributed by atoms with Crippen molar-refractivity contribution in [1.29, 1.82) is 0 Å². The van der Waals surface area contributed by atoms with Crippen LogP contribution in [0.5, 0.6) is 5.75 Å².